The van der Waals surface area contributed by atoms with Gasteiger partial charge in [0.1, 0.15) is 5.56 Å². The molecule has 0 aliphatic carbocycles. The topological polar surface area (TPSA) is 97.6 Å². The van der Waals surface area contributed by atoms with Gasteiger partial charge in [0.25, 0.3) is 5.91 Å². The summed E-state index contributed by atoms with van der Waals surface area (Å²) in [6, 6.07) is 11.7. The number of methoxy groups -OCH3 is 1. The number of hydrogen-bond donors (Lipinski definition) is 2. The third kappa shape index (κ3) is 2.69. The lowest BCUT2D eigenvalue weighted by atomic mass is 10.1. The highest BCUT2D eigenvalue weighted by Gasteiger charge is 2.19. The number of amides is 2. The smallest absolute Gasteiger partial charge is 0.349 e. The van der Waals surface area contributed by atoms with Gasteiger partial charge in [0.2, 0.25) is 5.91 Å². The van der Waals surface area contributed by atoms with Gasteiger partial charge in [-0.1, -0.05) is 12.1 Å². The normalized spacial score (nSPS) is 12.6. The van der Waals surface area contributed by atoms with E-state index in [2.05, 4.69) is 10.6 Å². The molecule has 2 amide bonds. The molecule has 2 N–H and O–H groups in total. The molecule has 0 atom stereocenters. The number of carbonyl (C=O) groups excluding carboxylic acids is 2. The summed E-state index contributed by atoms with van der Waals surface area (Å²) in [4.78, 5) is 36.2. The third-order valence-electron chi connectivity index (χ3n) is 4.18. The van der Waals surface area contributed by atoms with Gasteiger partial charge in [-0.05, 0) is 35.9 Å². The molecule has 4 rings (SSSR count). The van der Waals surface area contributed by atoms with Crippen molar-refractivity contribution < 1.29 is 18.7 Å². The predicted octanol–water partition coefficient (Wildman–Crippen LogP) is 2.55. The molecule has 0 fully saturated rings. The molecule has 1 aromatic heterocycles. The van der Waals surface area contributed by atoms with E-state index in [0.717, 1.165) is 11.3 Å². The molecule has 0 unspecified atom stereocenters. The van der Waals surface area contributed by atoms with Crippen molar-refractivity contribution in [3.8, 4) is 5.75 Å². The average molecular weight is 350 g/mol. The van der Waals surface area contributed by atoms with E-state index in [9.17, 15) is 14.4 Å². The maximum atomic E-state index is 12.5. The maximum Gasteiger partial charge on any atom is 0.349 e. The van der Waals surface area contributed by atoms with Crippen LogP contribution >= 0.6 is 0 Å². The summed E-state index contributed by atoms with van der Waals surface area (Å²) in [5.74, 6) is -0.254. The van der Waals surface area contributed by atoms with E-state index in [1.807, 2.05) is 0 Å². The molecule has 7 heteroatoms. The van der Waals surface area contributed by atoms with Gasteiger partial charge in [0, 0.05) is 16.8 Å². The lowest BCUT2D eigenvalue weighted by Crippen LogP contribution is -2.20. The molecular weight excluding hydrogens is 336 g/mol. The number of ether oxygens (including phenoxy) is 1. The summed E-state index contributed by atoms with van der Waals surface area (Å²) in [6.45, 7) is 0. The summed E-state index contributed by atoms with van der Waals surface area (Å²) in [6.07, 6.45) is 0.261. The fraction of sp³-hybridized carbons (Fsp3) is 0.105. The van der Waals surface area contributed by atoms with Crippen LogP contribution in [0.3, 0.4) is 0 Å². The Morgan fingerprint density at radius 2 is 2.04 bits per heavy atom. The Morgan fingerprint density at radius 3 is 2.85 bits per heavy atom. The summed E-state index contributed by atoms with van der Waals surface area (Å²) in [5, 5.41) is 5.97. The first kappa shape index (κ1) is 15.9. The maximum absolute atomic E-state index is 12.5. The Bertz CT molecular complexity index is 1120. The highest BCUT2D eigenvalue weighted by atomic mass is 16.5. The van der Waals surface area contributed by atoms with E-state index < -0.39 is 11.5 Å². The van der Waals surface area contributed by atoms with Crippen molar-refractivity contribution in [3.63, 3.8) is 0 Å². The number of fused-ring (bicyclic) bond motifs is 2. The number of rotatable bonds is 3. The second-order valence-corrected chi connectivity index (χ2v) is 5.88. The van der Waals surface area contributed by atoms with Gasteiger partial charge in [-0.25, -0.2) is 4.79 Å². The zero-order valence-electron chi connectivity index (χ0n) is 13.8. The molecule has 0 saturated carbocycles. The number of hydrogen-bond acceptors (Lipinski definition) is 5. The summed E-state index contributed by atoms with van der Waals surface area (Å²) < 4.78 is 10.4. The Kier molecular flexibility index (Phi) is 3.69. The molecule has 26 heavy (non-hydrogen) atoms. The Labute approximate surface area is 147 Å². The fourth-order valence-electron chi connectivity index (χ4n) is 2.94. The molecule has 1 aliphatic heterocycles. The molecule has 2 heterocycles. The number of benzene rings is 2. The minimum atomic E-state index is -0.752. The number of para-hydroxylation sites is 1. The Balaban J connectivity index is 1.67. The Hall–Kier alpha value is -3.61. The van der Waals surface area contributed by atoms with Crippen LogP contribution in [0.1, 0.15) is 15.9 Å². The van der Waals surface area contributed by atoms with Crippen LogP contribution < -0.4 is 21.0 Å². The first-order valence-corrected chi connectivity index (χ1v) is 7.90. The second kappa shape index (κ2) is 6.03. The van der Waals surface area contributed by atoms with Crippen molar-refractivity contribution in [1.29, 1.82) is 0 Å². The van der Waals surface area contributed by atoms with Crippen LogP contribution in [-0.4, -0.2) is 18.9 Å². The minimum absolute atomic E-state index is 0.0902. The second-order valence-electron chi connectivity index (χ2n) is 5.88. The van der Waals surface area contributed by atoms with E-state index in [-0.39, 0.29) is 17.9 Å². The molecule has 2 aromatic carbocycles. The van der Waals surface area contributed by atoms with Crippen LogP contribution in [0.5, 0.6) is 5.75 Å². The largest absolute Gasteiger partial charge is 0.493 e. The molecule has 130 valence electrons. The molecule has 0 saturated heterocycles. The van der Waals surface area contributed by atoms with Gasteiger partial charge in [0.15, 0.2) is 11.3 Å². The zero-order valence-corrected chi connectivity index (χ0v) is 13.8. The summed E-state index contributed by atoms with van der Waals surface area (Å²) in [5.41, 5.74) is 1.44. The van der Waals surface area contributed by atoms with E-state index in [1.54, 1.807) is 36.4 Å². The zero-order chi connectivity index (χ0) is 18.3. The molecule has 0 radical (unpaired) electrons. The molecular formula is C19H14N2O5. The lowest BCUT2D eigenvalue weighted by molar-refractivity contribution is -0.115. The van der Waals surface area contributed by atoms with E-state index >= 15 is 0 Å². The average Bonchev–Trinajstić information content (AvgIpc) is 2.99. The molecule has 3 aromatic rings. The SMILES string of the molecule is COc1cccc2cc(C(=O)Nc3ccc4c(c3)CC(=O)N4)c(=O)oc12. The summed E-state index contributed by atoms with van der Waals surface area (Å²) >= 11 is 0. The highest BCUT2D eigenvalue weighted by molar-refractivity contribution is 6.06. The summed E-state index contributed by atoms with van der Waals surface area (Å²) in [7, 11) is 1.48. The molecule has 1 aliphatic rings. The van der Waals surface area contributed by atoms with Crippen molar-refractivity contribution in [1.82, 2.24) is 0 Å². The molecule has 0 spiro atoms. The predicted molar refractivity (Wildman–Crippen MR) is 95.8 cm³/mol. The van der Waals surface area contributed by atoms with Gasteiger partial charge in [-0.15, -0.1) is 0 Å². The van der Waals surface area contributed by atoms with Crippen molar-refractivity contribution in [2.75, 3.05) is 17.7 Å². The standard InChI is InChI=1S/C19H14N2O5/c1-25-15-4-2-3-10-8-13(19(24)26-17(10)15)18(23)20-12-5-6-14-11(7-12)9-16(22)21-14/h2-8H,9H2,1H3,(H,20,23)(H,21,22). The first-order valence-electron chi connectivity index (χ1n) is 7.90. The van der Waals surface area contributed by atoms with Gasteiger partial charge < -0.3 is 19.8 Å². The quantitative estimate of drug-likeness (QED) is 0.708. The Morgan fingerprint density at radius 1 is 1.19 bits per heavy atom. The van der Waals surface area contributed by atoms with Crippen LogP contribution in [0.4, 0.5) is 11.4 Å². The fourth-order valence-corrected chi connectivity index (χ4v) is 2.94. The minimum Gasteiger partial charge on any atom is -0.493 e. The van der Waals surface area contributed by atoms with Gasteiger partial charge in [-0.3, -0.25) is 9.59 Å². The van der Waals surface area contributed by atoms with Gasteiger partial charge in [0.05, 0.1) is 13.5 Å². The monoisotopic (exact) mass is 350 g/mol. The van der Waals surface area contributed by atoms with Crippen LogP contribution in [-0.2, 0) is 11.2 Å². The molecule has 7 nitrogen and oxygen atoms in total. The van der Waals surface area contributed by atoms with Crippen LogP contribution in [0, 0.1) is 0 Å². The number of nitrogens with one attached hydrogen (secondary N) is 2. The third-order valence-corrected chi connectivity index (χ3v) is 4.18. The van der Waals surface area contributed by atoms with Crippen molar-refractivity contribution in [2.45, 2.75) is 6.42 Å². The van der Waals surface area contributed by atoms with E-state index in [1.165, 1.54) is 13.2 Å². The van der Waals surface area contributed by atoms with Gasteiger partial charge >= 0.3 is 5.63 Å². The number of anilines is 2. The van der Waals surface area contributed by atoms with Crippen molar-refractivity contribution in [2.24, 2.45) is 0 Å². The number of carbonyl (C=O) groups is 2. The lowest BCUT2D eigenvalue weighted by Gasteiger charge is -2.08. The van der Waals surface area contributed by atoms with E-state index in [4.69, 9.17) is 9.15 Å². The van der Waals surface area contributed by atoms with Gasteiger partial charge in [-0.2, -0.15) is 0 Å². The highest BCUT2D eigenvalue weighted by Crippen LogP contribution is 2.27. The van der Waals surface area contributed by atoms with Crippen LogP contribution in [0.15, 0.2) is 51.7 Å². The van der Waals surface area contributed by atoms with Crippen LogP contribution in [0.2, 0.25) is 0 Å². The van der Waals surface area contributed by atoms with E-state index in [0.29, 0.717) is 22.4 Å². The van der Waals surface area contributed by atoms with Crippen molar-refractivity contribution in [3.05, 3.63) is 64.0 Å². The first-order chi connectivity index (χ1) is 12.5. The van der Waals surface area contributed by atoms with Crippen molar-refractivity contribution >= 4 is 34.2 Å². The van der Waals surface area contributed by atoms with Crippen LogP contribution in [0.25, 0.3) is 11.0 Å². The molecule has 0 bridgehead atoms.